The Morgan fingerprint density at radius 3 is 2.75 bits per heavy atom. The first-order chi connectivity index (χ1) is 9.74. The van der Waals surface area contributed by atoms with Crippen molar-refractivity contribution in [2.45, 2.75) is 58.4 Å². The highest BCUT2D eigenvalue weighted by Crippen LogP contribution is 2.39. The van der Waals surface area contributed by atoms with E-state index in [9.17, 15) is 0 Å². The number of anilines is 2. The van der Waals surface area contributed by atoms with Gasteiger partial charge in [0, 0.05) is 31.6 Å². The van der Waals surface area contributed by atoms with Crippen molar-refractivity contribution in [1.29, 1.82) is 0 Å². The average Bonchev–Trinajstić information content (AvgIpc) is 2.91. The van der Waals surface area contributed by atoms with E-state index in [0.717, 1.165) is 24.0 Å². The van der Waals surface area contributed by atoms with Crippen molar-refractivity contribution in [3.05, 3.63) is 11.4 Å². The van der Waals surface area contributed by atoms with Crippen LogP contribution < -0.4 is 10.2 Å². The highest BCUT2D eigenvalue weighted by atomic mass is 15.3. The van der Waals surface area contributed by atoms with Crippen LogP contribution in [0.4, 0.5) is 11.6 Å². The quantitative estimate of drug-likeness (QED) is 0.919. The number of rotatable bonds is 3. The van der Waals surface area contributed by atoms with Crippen LogP contribution in [0.3, 0.4) is 0 Å². The number of fused-ring (bicyclic) bond motifs is 1. The Hall–Kier alpha value is -1.32. The van der Waals surface area contributed by atoms with Crippen LogP contribution in [0, 0.1) is 12.8 Å². The SMILES string of the molecule is CCc1nc(NC)c(C)c(N2CCC3CCCCC32)n1. The van der Waals surface area contributed by atoms with E-state index >= 15 is 0 Å². The summed E-state index contributed by atoms with van der Waals surface area (Å²) in [5.41, 5.74) is 1.20. The highest BCUT2D eigenvalue weighted by molar-refractivity contribution is 5.59. The van der Waals surface area contributed by atoms with E-state index in [1.54, 1.807) is 0 Å². The zero-order valence-corrected chi connectivity index (χ0v) is 12.9. The second-order valence-corrected chi connectivity index (χ2v) is 6.13. The molecule has 1 N–H and O–H groups in total. The van der Waals surface area contributed by atoms with Gasteiger partial charge in [0.25, 0.3) is 0 Å². The molecule has 1 aliphatic heterocycles. The number of hydrogen-bond donors (Lipinski definition) is 1. The first kappa shape index (κ1) is 13.7. The maximum atomic E-state index is 4.85. The third-order valence-corrected chi connectivity index (χ3v) is 5.00. The average molecular weight is 274 g/mol. The molecule has 0 radical (unpaired) electrons. The Morgan fingerprint density at radius 2 is 2.00 bits per heavy atom. The Bertz CT molecular complexity index is 486. The van der Waals surface area contributed by atoms with Crippen LogP contribution in [0.2, 0.25) is 0 Å². The second kappa shape index (κ2) is 5.58. The summed E-state index contributed by atoms with van der Waals surface area (Å²) in [7, 11) is 1.95. The Labute approximate surface area is 122 Å². The van der Waals surface area contributed by atoms with Crippen molar-refractivity contribution in [2.24, 2.45) is 5.92 Å². The molecule has 2 atom stereocenters. The molecule has 2 unspecified atom stereocenters. The van der Waals surface area contributed by atoms with E-state index in [0.29, 0.717) is 6.04 Å². The molecular weight excluding hydrogens is 248 g/mol. The molecule has 1 aliphatic carbocycles. The first-order valence-corrected chi connectivity index (χ1v) is 8.06. The number of nitrogens with one attached hydrogen (secondary N) is 1. The van der Waals surface area contributed by atoms with Crippen molar-refractivity contribution < 1.29 is 0 Å². The summed E-state index contributed by atoms with van der Waals surface area (Å²) in [5.74, 6) is 4.01. The predicted octanol–water partition coefficient (Wildman–Crippen LogP) is 3.16. The fourth-order valence-corrected chi connectivity index (χ4v) is 3.90. The third-order valence-electron chi connectivity index (χ3n) is 5.00. The van der Waals surface area contributed by atoms with Gasteiger partial charge in [0.05, 0.1) is 0 Å². The fourth-order valence-electron chi connectivity index (χ4n) is 3.90. The summed E-state index contributed by atoms with van der Waals surface area (Å²) in [5, 5.41) is 3.23. The molecule has 1 saturated heterocycles. The highest BCUT2D eigenvalue weighted by Gasteiger charge is 2.37. The monoisotopic (exact) mass is 274 g/mol. The molecule has 0 amide bonds. The molecule has 20 heavy (non-hydrogen) atoms. The van der Waals surface area contributed by atoms with Gasteiger partial charge in [-0.05, 0) is 32.1 Å². The Kier molecular flexibility index (Phi) is 3.81. The Balaban J connectivity index is 1.96. The van der Waals surface area contributed by atoms with Gasteiger partial charge in [0.1, 0.15) is 17.5 Å². The molecule has 2 fully saturated rings. The minimum atomic E-state index is 0.715. The molecule has 4 nitrogen and oxygen atoms in total. The molecule has 4 heteroatoms. The van der Waals surface area contributed by atoms with Crippen LogP contribution >= 0.6 is 0 Å². The molecule has 1 saturated carbocycles. The van der Waals surface area contributed by atoms with E-state index in [4.69, 9.17) is 4.98 Å². The summed E-state index contributed by atoms with van der Waals surface area (Å²) in [6.07, 6.45) is 7.77. The molecule has 0 bridgehead atoms. The van der Waals surface area contributed by atoms with Crippen LogP contribution in [0.15, 0.2) is 0 Å². The lowest BCUT2D eigenvalue weighted by Crippen LogP contribution is -2.36. The van der Waals surface area contributed by atoms with Gasteiger partial charge >= 0.3 is 0 Å². The molecular formula is C16H26N4. The number of aryl methyl sites for hydroxylation is 1. The van der Waals surface area contributed by atoms with Gasteiger partial charge in [-0.15, -0.1) is 0 Å². The van der Waals surface area contributed by atoms with Gasteiger partial charge in [-0.2, -0.15) is 0 Å². The molecule has 1 aromatic heterocycles. The standard InChI is InChI=1S/C16H26N4/c1-4-14-18-15(17-3)11(2)16(19-14)20-10-9-12-7-5-6-8-13(12)20/h12-13H,4-10H2,1-3H3,(H,17,18,19). The van der Waals surface area contributed by atoms with Crippen molar-refractivity contribution in [2.75, 3.05) is 23.8 Å². The molecule has 3 rings (SSSR count). The van der Waals surface area contributed by atoms with Gasteiger partial charge in [0.2, 0.25) is 0 Å². The van der Waals surface area contributed by atoms with E-state index in [1.165, 1.54) is 50.0 Å². The zero-order chi connectivity index (χ0) is 14.1. The maximum absolute atomic E-state index is 4.85. The normalized spacial score (nSPS) is 25.6. The van der Waals surface area contributed by atoms with E-state index < -0.39 is 0 Å². The van der Waals surface area contributed by atoms with Crippen molar-refractivity contribution in [3.63, 3.8) is 0 Å². The van der Waals surface area contributed by atoms with Crippen molar-refractivity contribution in [1.82, 2.24) is 9.97 Å². The minimum Gasteiger partial charge on any atom is -0.373 e. The van der Waals surface area contributed by atoms with Gasteiger partial charge < -0.3 is 10.2 Å². The van der Waals surface area contributed by atoms with Crippen LogP contribution in [0.1, 0.15) is 50.4 Å². The lowest BCUT2D eigenvalue weighted by molar-refractivity contribution is 0.341. The fraction of sp³-hybridized carbons (Fsp3) is 0.750. The minimum absolute atomic E-state index is 0.715. The molecule has 2 aliphatic rings. The van der Waals surface area contributed by atoms with Crippen molar-refractivity contribution in [3.8, 4) is 0 Å². The summed E-state index contributed by atoms with van der Waals surface area (Å²) in [4.78, 5) is 12.0. The lowest BCUT2D eigenvalue weighted by Gasteiger charge is -2.33. The maximum Gasteiger partial charge on any atom is 0.137 e. The van der Waals surface area contributed by atoms with E-state index in [1.807, 2.05) is 7.05 Å². The predicted molar refractivity (Wildman–Crippen MR) is 83.4 cm³/mol. The molecule has 0 spiro atoms. The number of aromatic nitrogens is 2. The topological polar surface area (TPSA) is 41.1 Å². The molecule has 0 aromatic carbocycles. The van der Waals surface area contributed by atoms with Crippen LogP contribution in [0.25, 0.3) is 0 Å². The third kappa shape index (κ3) is 2.25. The largest absolute Gasteiger partial charge is 0.373 e. The van der Waals surface area contributed by atoms with Gasteiger partial charge in [-0.3, -0.25) is 0 Å². The number of nitrogens with zero attached hydrogens (tertiary/aromatic N) is 3. The van der Waals surface area contributed by atoms with Crippen LogP contribution in [0.5, 0.6) is 0 Å². The summed E-state index contributed by atoms with van der Waals surface area (Å²) in [6.45, 7) is 5.44. The lowest BCUT2D eigenvalue weighted by atomic mass is 9.85. The zero-order valence-electron chi connectivity index (χ0n) is 12.9. The second-order valence-electron chi connectivity index (χ2n) is 6.13. The molecule has 110 valence electrons. The molecule has 1 aromatic rings. The summed E-state index contributed by atoms with van der Waals surface area (Å²) >= 11 is 0. The van der Waals surface area contributed by atoms with Crippen molar-refractivity contribution >= 4 is 11.6 Å². The van der Waals surface area contributed by atoms with E-state index in [2.05, 4.69) is 29.0 Å². The van der Waals surface area contributed by atoms with Gasteiger partial charge in [-0.25, -0.2) is 9.97 Å². The molecule has 2 heterocycles. The summed E-state index contributed by atoms with van der Waals surface area (Å²) in [6, 6.07) is 0.715. The first-order valence-electron chi connectivity index (χ1n) is 8.06. The van der Waals surface area contributed by atoms with Gasteiger partial charge in [0.15, 0.2) is 0 Å². The van der Waals surface area contributed by atoms with E-state index in [-0.39, 0.29) is 0 Å². The van der Waals surface area contributed by atoms with Crippen LogP contribution in [-0.4, -0.2) is 29.6 Å². The summed E-state index contributed by atoms with van der Waals surface area (Å²) < 4.78 is 0. The van der Waals surface area contributed by atoms with Crippen LogP contribution in [-0.2, 0) is 6.42 Å². The van der Waals surface area contributed by atoms with Gasteiger partial charge in [-0.1, -0.05) is 19.8 Å². The Morgan fingerprint density at radius 1 is 1.20 bits per heavy atom. The smallest absolute Gasteiger partial charge is 0.137 e. The number of hydrogen-bond acceptors (Lipinski definition) is 4.